The van der Waals surface area contributed by atoms with Crippen LogP contribution in [-0.4, -0.2) is 35.2 Å². The van der Waals surface area contributed by atoms with Crippen molar-refractivity contribution in [3.8, 4) is 0 Å². The third kappa shape index (κ3) is 6.93. The summed E-state index contributed by atoms with van der Waals surface area (Å²) in [5.74, 6) is -0.574. The molecule has 0 aliphatic heterocycles. The van der Waals surface area contributed by atoms with E-state index in [0.29, 0.717) is 13.0 Å². The highest BCUT2D eigenvalue weighted by atomic mass is 16.4. The largest absolute Gasteiger partial charge is 0.481 e. The van der Waals surface area contributed by atoms with Crippen LogP contribution in [0.25, 0.3) is 0 Å². The van der Waals surface area contributed by atoms with Crippen LogP contribution >= 0.6 is 0 Å². The first kappa shape index (κ1) is 18.0. The topological polar surface area (TPSA) is 86.6 Å². The molecule has 122 valence electrons. The van der Waals surface area contributed by atoms with Crippen molar-refractivity contribution in [3.05, 3.63) is 0 Å². The van der Waals surface area contributed by atoms with E-state index in [1.54, 1.807) is 0 Å². The maximum absolute atomic E-state index is 12.1. The minimum Gasteiger partial charge on any atom is -0.481 e. The van der Waals surface area contributed by atoms with Crippen molar-refractivity contribution in [2.45, 2.75) is 64.7 Å². The Kier molecular flexibility index (Phi) is 7.72. The minimum atomic E-state index is -0.804. The van der Waals surface area contributed by atoms with Gasteiger partial charge in [0.15, 0.2) is 0 Å². The fourth-order valence-electron chi connectivity index (χ4n) is 3.21. The second kappa shape index (κ2) is 9.03. The number of aliphatic carboxylic acids is 1. The van der Waals surface area contributed by atoms with Gasteiger partial charge in [-0.1, -0.05) is 26.2 Å². The predicted molar refractivity (Wildman–Crippen MR) is 80.9 cm³/mol. The van der Waals surface area contributed by atoms with Crippen LogP contribution in [-0.2, 0) is 9.59 Å². The lowest BCUT2D eigenvalue weighted by Crippen LogP contribution is -2.35. The van der Waals surface area contributed by atoms with Crippen LogP contribution in [0.3, 0.4) is 0 Å². The minimum absolute atomic E-state index is 0.0326. The van der Waals surface area contributed by atoms with Gasteiger partial charge >= 0.3 is 5.97 Å². The standard InChI is InChI=1S/C16H29NO4/c1-13(12-18)6-5-9-17-14(19)10-16(11-15(20)21)7-3-2-4-8-16/h13,18H,2-12H2,1H3,(H,17,19)(H,20,21). The lowest BCUT2D eigenvalue weighted by Gasteiger charge is -2.35. The average Bonchev–Trinajstić information content (AvgIpc) is 2.43. The van der Waals surface area contributed by atoms with E-state index in [9.17, 15) is 9.59 Å². The van der Waals surface area contributed by atoms with Gasteiger partial charge in [-0.25, -0.2) is 0 Å². The van der Waals surface area contributed by atoms with E-state index in [2.05, 4.69) is 5.32 Å². The van der Waals surface area contributed by atoms with E-state index in [1.807, 2.05) is 6.92 Å². The fourth-order valence-corrected chi connectivity index (χ4v) is 3.21. The highest BCUT2D eigenvalue weighted by Gasteiger charge is 2.36. The van der Waals surface area contributed by atoms with Gasteiger partial charge in [-0.05, 0) is 37.0 Å². The molecule has 0 heterocycles. The van der Waals surface area contributed by atoms with Crippen molar-refractivity contribution in [1.29, 1.82) is 0 Å². The Morgan fingerprint density at radius 2 is 1.86 bits per heavy atom. The first-order chi connectivity index (χ1) is 9.97. The molecule has 0 spiro atoms. The summed E-state index contributed by atoms with van der Waals surface area (Å²) in [6, 6.07) is 0. The normalized spacial score (nSPS) is 19.0. The molecule has 0 aromatic carbocycles. The number of amides is 1. The molecule has 0 radical (unpaired) electrons. The summed E-state index contributed by atoms with van der Waals surface area (Å²) in [5.41, 5.74) is -0.341. The molecule has 0 saturated heterocycles. The third-order valence-corrected chi connectivity index (χ3v) is 4.48. The monoisotopic (exact) mass is 299 g/mol. The van der Waals surface area contributed by atoms with Gasteiger partial charge in [-0.3, -0.25) is 9.59 Å². The molecule has 1 amide bonds. The molecule has 0 aromatic heterocycles. The van der Waals surface area contributed by atoms with E-state index in [4.69, 9.17) is 10.2 Å². The van der Waals surface area contributed by atoms with Gasteiger partial charge in [-0.2, -0.15) is 0 Å². The fraction of sp³-hybridized carbons (Fsp3) is 0.875. The van der Waals surface area contributed by atoms with Gasteiger partial charge in [0.05, 0.1) is 6.42 Å². The highest BCUT2D eigenvalue weighted by Crippen LogP contribution is 2.42. The molecular formula is C16H29NO4. The summed E-state index contributed by atoms with van der Waals surface area (Å²) in [6.45, 7) is 2.76. The number of carboxylic acids is 1. The molecule has 0 aromatic rings. The molecule has 1 saturated carbocycles. The van der Waals surface area contributed by atoms with E-state index in [-0.39, 0.29) is 30.3 Å². The summed E-state index contributed by atoms with van der Waals surface area (Å²) < 4.78 is 0. The quantitative estimate of drug-likeness (QED) is 0.570. The van der Waals surface area contributed by atoms with Crippen LogP contribution in [0.15, 0.2) is 0 Å². The Morgan fingerprint density at radius 3 is 2.43 bits per heavy atom. The van der Waals surface area contributed by atoms with Gasteiger partial charge in [0.2, 0.25) is 5.91 Å². The first-order valence-electron chi connectivity index (χ1n) is 8.07. The summed E-state index contributed by atoms with van der Waals surface area (Å²) >= 11 is 0. The van der Waals surface area contributed by atoms with Crippen LogP contribution in [0.4, 0.5) is 0 Å². The molecular weight excluding hydrogens is 270 g/mol. The van der Waals surface area contributed by atoms with Crippen LogP contribution in [0, 0.1) is 11.3 Å². The number of rotatable bonds is 9. The van der Waals surface area contributed by atoms with E-state index in [1.165, 1.54) is 0 Å². The summed E-state index contributed by atoms with van der Waals surface area (Å²) in [4.78, 5) is 23.1. The molecule has 1 aliphatic carbocycles. The molecule has 1 atom stereocenters. The smallest absolute Gasteiger partial charge is 0.303 e. The van der Waals surface area contributed by atoms with Crippen molar-refractivity contribution < 1.29 is 19.8 Å². The molecule has 1 aliphatic rings. The van der Waals surface area contributed by atoms with Gasteiger partial charge in [-0.15, -0.1) is 0 Å². The second-order valence-corrected chi connectivity index (χ2v) is 6.59. The number of hydrogen-bond donors (Lipinski definition) is 3. The van der Waals surface area contributed by atoms with Crippen LogP contribution in [0.1, 0.15) is 64.7 Å². The van der Waals surface area contributed by atoms with Crippen molar-refractivity contribution in [1.82, 2.24) is 5.32 Å². The zero-order valence-corrected chi connectivity index (χ0v) is 13.1. The zero-order chi connectivity index (χ0) is 15.7. The summed E-state index contributed by atoms with van der Waals surface area (Å²) in [6.07, 6.45) is 7.03. The Hall–Kier alpha value is -1.10. The summed E-state index contributed by atoms with van der Waals surface area (Å²) in [5, 5.41) is 20.9. The predicted octanol–water partition coefficient (Wildman–Crippen LogP) is 2.33. The van der Waals surface area contributed by atoms with E-state index >= 15 is 0 Å². The molecule has 1 unspecified atom stereocenters. The molecule has 5 heteroatoms. The molecule has 0 bridgehead atoms. The number of hydrogen-bond acceptors (Lipinski definition) is 3. The maximum atomic E-state index is 12.1. The summed E-state index contributed by atoms with van der Waals surface area (Å²) in [7, 11) is 0. The Balaban J connectivity index is 2.36. The Morgan fingerprint density at radius 1 is 1.19 bits per heavy atom. The molecule has 1 fully saturated rings. The lowest BCUT2D eigenvalue weighted by molar-refractivity contribution is -0.141. The number of aliphatic hydroxyl groups excluding tert-OH is 1. The second-order valence-electron chi connectivity index (χ2n) is 6.59. The third-order valence-electron chi connectivity index (χ3n) is 4.48. The molecule has 1 rings (SSSR count). The number of aliphatic hydroxyl groups is 1. The van der Waals surface area contributed by atoms with Crippen LogP contribution < -0.4 is 5.32 Å². The molecule has 21 heavy (non-hydrogen) atoms. The van der Waals surface area contributed by atoms with Gasteiger partial charge in [0, 0.05) is 19.6 Å². The Bertz CT molecular complexity index is 337. The zero-order valence-electron chi connectivity index (χ0n) is 13.1. The van der Waals surface area contributed by atoms with Crippen LogP contribution in [0.2, 0.25) is 0 Å². The number of carboxylic acid groups (broad SMARTS) is 1. The lowest BCUT2D eigenvalue weighted by atomic mass is 9.69. The Labute approximate surface area is 127 Å². The number of nitrogens with one attached hydrogen (secondary N) is 1. The highest BCUT2D eigenvalue weighted by molar-refractivity contribution is 5.78. The SMILES string of the molecule is CC(CO)CCCNC(=O)CC1(CC(=O)O)CCCCC1. The van der Waals surface area contributed by atoms with E-state index in [0.717, 1.165) is 44.9 Å². The van der Waals surface area contributed by atoms with Crippen molar-refractivity contribution in [3.63, 3.8) is 0 Å². The van der Waals surface area contributed by atoms with Crippen molar-refractivity contribution in [2.75, 3.05) is 13.2 Å². The average molecular weight is 299 g/mol. The number of carbonyl (C=O) groups is 2. The van der Waals surface area contributed by atoms with E-state index < -0.39 is 5.97 Å². The van der Waals surface area contributed by atoms with Crippen molar-refractivity contribution in [2.24, 2.45) is 11.3 Å². The maximum Gasteiger partial charge on any atom is 0.303 e. The van der Waals surface area contributed by atoms with Crippen LogP contribution in [0.5, 0.6) is 0 Å². The van der Waals surface area contributed by atoms with Gasteiger partial charge in [0.25, 0.3) is 0 Å². The van der Waals surface area contributed by atoms with Gasteiger partial charge < -0.3 is 15.5 Å². The van der Waals surface area contributed by atoms with Crippen molar-refractivity contribution >= 4 is 11.9 Å². The molecule has 5 nitrogen and oxygen atoms in total. The van der Waals surface area contributed by atoms with Gasteiger partial charge in [0.1, 0.15) is 0 Å². The first-order valence-corrected chi connectivity index (χ1v) is 8.07. The number of carbonyl (C=O) groups excluding carboxylic acids is 1. The molecule has 3 N–H and O–H groups in total.